The molecule has 0 saturated heterocycles. The van der Waals surface area contributed by atoms with Crippen molar-refractivity contribution in [1.82, 2.24) is 0 Å². The minimum atomic E-state index is -5.48. The molecule has 2 nitrogen and oxygen atoms in total. The van der Waals surface area contributed by atoms with E-state index >= 15 is 0 Å². The summed E-state index contributed by atoms with van der Waals surface area (Å²) in [5.41, 5.74) is 4.33. The third-order valence-corrected chi connectivity index (χ3v) is 7.22. The van der Waals surface area contributed by atoms with E-state index in [1.54, 1.807) is 12.1 Å². The fraction of sp³-hybridized carbons (Fsp3) is 0.333. The number of ether oxygens (including phenoxy) is 1. The highest BCUT2D eigenvalue weighted by atomic mass is 32.2. The minimum Gasteiger partial charge on any atom is -0.508 e. The molecular formula is C30H31F5O2S. The first-order valence-corrected chi connectivity index (χ1v) is 13.5. The summed E-state index contributed by atoms with van der Waals surface area (Å²) in [6, 6.07) is 25.0. The SMILES string of the molecule is CC(/C(=C\c1ccc(O)cc1)c1ccccc1)c1ccc(OCCCSCCCC(F)(F)C(F)(F)F)cc1. The van der Waals surface area contributed by atoms with Crippen molar-refractivity contribution in [3.8, 4) is 11.5 Å². The molecule has 3 rings (SSSR count). The molecule has 0 radical (unpaired) electrons. The van der Waals surface area contributed by atoms with Gasteiger partial charge in [0.15, 0.2) is 0 Å². The quantitative estimate of drug-likeness (QED) is 0.131. The van der Waals surface area contributed by atoms with Gasteiger partial charge in [0.25, 0.3) is 0 Å². The van der Waals surface area contributed by atoms with Gasteiger partial charge in [-0.3, -0.25) is 0 Å². The summed E-state index contributed by atoms with van der Waals surface area (Å²) in [6.45, 7) is 2.56. The van der Waals surface area contributed by atoms with Crippen LogP contribution in [0.4, 0.5) is 22.0 Å². The summed E-state index contributed by atoms with van der Waals surface area (Å²) < 4.78 is 68.1. The van der Waals surface area contributed by atoms with E-state index in [1.807, 2.05) is 54.6 Å². The lowest BCUT2D eigenvalue weighted by atomic mass is 9.87. The summed E-state index contributed by atoms with van der Waals surface area (Å²) in [5.74, 6) is -2.74. The number of hydrogen-bond donors (Lipinski definition) is 1. The van der Waals surface area contributed by atoms with Crippen LogP contribution in [0.25, 0.3) is 11.6 Å². The van der Waals surface area contributed by atoms with Crippen molar-refractivity contribution in [2.75, 3.05) is 18.1 Å². The fourth-order valence-corrected chi connectivity index (χ4v) is 4.74. The van der Waals surface area contributed by atoms with Crippen LogP contribution < -0.4 is 4.74 Å². The van der Waals surface area contributed by atoms with Crippen LogP contribution in [-0.2, 0) is 0 Å². The van der Waals surface area contributed by atoms with Crippen LogP contribution >= 0.6 is 11.8 Å². The van der Waals surface area contributed by atoms with E-state index in [0.29, 0.717) is 24.5 Å². The van der Waals surface area contributed by atoms with E-state index < -0.39 is 18.5 Å². The van der Waals surface area contributed by atoms with Crippen molar-refractivity contribution in [3.05, 3.63) is 95.6 Å². The molecule has 0 heterocycles. The number of thioether (sulfide) groups is 1. The Kier molecular flexibility index (Phi) is 10.6. The number of halogens is 5. The molecule has 3 aromatic rings. The number of phenols is 1. The second kappa shape index (κ2) is 13.7. The van der Waals surface area contributed by atoms with Crippen molar-refractivity contribution < 1.29 is 31.8 Å². The number of alkyl halides is 5. The van der Waals surface area contributed by atoms with Crippen LogP contribution in [-0.4, -0.2) is 35.3 Å². The number of benzene rings is 3. The summed E-state index contributed by atoms with van der Waals surface area (Å²) >= 11 is 1.35. The maximum Gasteiger partial charge on any atom is 0.453 e. The number of rotatable bonds is 13. The summed E-state index contributed by atoms with van der Waals surface area (Å²) in [5, 5.41) is 9.60. The van der Waals surface area contributed by atoms with Crippen molar-refractivity contribution >= 4 is 23.4 Å². The molecule has 38 heavy (non-hydrogen) atoms. The first kappa shape index (κ1) is 29.6. The van der Waals surface area contributed by atoms with Crippen molar-refractivity contribution in [2.24, 2.45) is 0 Å². The average Bonchev–Trinajstić information content (AvgIpc) is 2.89. The lowest BCUT2D eigenvalue weighted by Crippen LogP contribution is -2.36. The molecule has 1 N–H and O–H groups in total. The largest absolute Gasteiger partial charge is 0.508 e. The van der Waals surface area contributed by atoms with Gasteiger partial charge in [0.1, 0.15) is 11.5 Å². The molecule has 0 spiro atoms. The molecule has 0 bridgehead atoms. The monoisotopic (exact) mass is 550 g/mol. The van der Waals surface area contributed by atoms with Crippen LogP contribution in [0.15, 0.2) is 78.9 Å². The molecule has 204 valence electrons. The van der Waals surface area contributed by atoms with Gasteiger partial charge in [-0.15, -0.1) is 0 Å². The van der Waals surface area contributed by atoms with Gasteiger partial charge in [-0.1, -0.05) is 67.6 Å². The Morgan fingerprint density at radius 2 is 1.50 bits per heavy atom. The van der Waals surface area contributed by atoms with Crippen LogP contribution in [0.3, 0.4) is 0 Å². The highest BCUT2D eigenvalue weighted by Gasteiger charge is 2.56. The molecule has 8 heteroatoms. The zero-order valence-electron chi connectivity index (χ0n) is 21.1. The Labute approximate surface area is 224 Å². The lowest BCUT2D eigenvalue weighted by Gasteiger charge is -2.19. The second-order valence-electron chi connectivity index (χ2n) is 8.97. The van der Waals surface area contributed by atoms with Gasteiger partial charge in [0, 0.05) is 12.3 Å². The molecule has 0 fully saturated rings. The standard InChI is InChI=1S/C30H31F5O2S/c1-22(28(25-7-3-2-4-8-25)21-23-9-13-26(36)14-10-23)24-11-15-27(16-12-24)37-18-6-20-38-19-5-17-29(31,32)30(33,34)35/h2-4,7-16,21-22,36H,5-6,17-20H2,1H3/b28-21+. The summed E-state index contributed by atoms with van der Waals surface area (Å²) in [4.78, 5) is 0. The highest BCUT2D eigenvalue weighted by Crippen LogP contribution is 2.39. The molecule has 0 aliphatic carbocycles. The van der Waals surface area contributed by atoms with Gasteiger partial charge in [-0.25, -0.2) is 0 Å². The topological polar surface area (TPSA) is 29.5 Å². The zero-order valence-corrected chi connectivity index (χ0v) is 21.9. The van der Waals surface area contributed by atoms with Crippen LogP contribution in [0, 0.1) is 0 Å². The first-order valence-electron chi connectivity index (χ1n) is 12.4. The second-order valence-corrected chi connectivity index (χ2v) is 10.2. The normalized spacial score (nSPS) is 13.4. The molecule has 0 saturated carbocycles. The molecule has 0 amide bonds. The molecule has 3 aromatic carbocycles. The van der Waals surface area contributed by atoms with E-state index in [1.165, 1.54) is 11.8 Å². The Hall–Kier alpha value is -3.00. The Morgan fingerprint density at radius 1 is 0.868 bits per heavy atom. The van der Waals surface area contributed by atoms with Gasteiger partial charge in [-0.2, -0.15) is 33.7 Å². The predicted octanol–water partition coefficient (Wildman–Crippen LogP) is 9.22. The van der Waals surface area contributed by atoms with Crippen molar-refractivity contribution in [3.63, 3.8) is 0 Å². The van der Waals surface area contributed by atoms with Gasteiger partial charge in [0.2, 0.25) is 0 Å². The van der Waals surface area contributed by atoms with E-state index in [2.05, 4.69) is 25.1 Å². The van der Waals surface area contributed by atoms with Crippen LogP contribution in [0.5, 0.6) is 11.5 Å². The maximum absolute atomic E-state index is 12.9. The molecule has 1 unspecified atom stereocenters. The summed E-state index contributed by atoms with van der Waals surface area (Å²) in [7, 11) is 0. The molecule has 0 aliphatic rings. The Bertz CT molecular complexity index is 1140. The Balaban J connectivity index is 1.50. The molecular weight excluding hydrogens is 519 g/mol. The van der Waals surface area contributed by atoms with Crippen LogP contribution in [0.2, 0.25) is 0 Å². The Morgan fingerprint density at radius 3 is 2.13 bits per heavy atom. The highest BCUT2D eigenvalue weighted by molar-refractivity contribution is 7.99. The van der Waals surface area contributed by atoms with E-state index in [0.717, 1.165) is 22.3 Å². The summed E-state index contributed by atoms with van der Waals surface area (Å²) in [6.07, 6.45) is -4.08. The third kappa shape index (κ3) is 8.79. The van der Waals surface area contributed by atoms with E-state index in [9.17, 15) is 27.1 Å². The molecule has 0 aromatic heterocycles. The van der Waals surface area contributed by atoms with Gasteiger partial charge >= 0.3 is 12.1 Å². The number of aromatic hydroxyl groups is 1. The van der Waals surface area contributed by atoms with Gasteiger partial charge in [-0.05, 0) is 70.9 Å². The molecule has 0 aliphatic heterocycles. The van der Waals surface area contributed by atoms with E-state index in [-0.39, 0.29) is 23.8 Å². The zero-order chi connectivity index (χ0) is 27.6. The number of hydrogen-bond acceptors (Lipinski definition) is 3. The smallest absolute Gasteiger partial charge is 0.453 e. The van der Waals surface area contributed by atoms with Crippen LogP contribution in [0.1, 0.15) is 48.8 Å². The predicted molar refractivity (Wildman–Crippen MR) is 145 cm³/mol. The first-order chi connectivity index (χ1) is 18.1. The third-order valence-electron chi connectivity index (χ3n) is 6.06. The fourth-order valence-electron chi connectivity index (χ4n) is 3.86. The maximum atomic E-state index is 12.9. The number of allylic oxidation sites excluding steroid dienone is 1. The van der Waals surface area contributed by atoms with E-state index in [4.69, 9.17) is 4.74 Å². The van der Waals surface area contributed by atoms with Crippen molar-refractivity contribution in [2.45, 2.75) is 44.2 Å². The average molecular weight is 551 g/mol. The minimum absolute atomic E-state index is 0.0846. The van der Waals surface area contributed by atoms with Gasteiger partial charge in [0.05, 0.1) is 6.61 Å². The number of phenolic OH excluding ortho intramolecular Hbond substituents is 1. The van der Waals surface area contributed by atoms with Gasteiger partial charge < -0.3 is 9.84 Å². The lowest BCUT2D eigenvalue weighted by molar-refractivity contribution is -0.284. The van der Waals surface area contributed by atoms with Crippen molar-refractivity contribution in [1.29, 1.82) is 0 Å². The molecule has 1 atom stereocenters.